The molecule has 0 aliphatic heterocycles. The first-order valence-electron chi connectivity index (χ1n) is 4.01. The van der Waals surface area contributed by atoms with Gasteiger partial charge in [-0.2, -0.15) is 0 Å². The molecule has 0 spiro atoms. The highest BCUT2D eigenvalue weighted by molar-refractivity contribution is 6.33. The summed E-state index contributed by atoms with van der Waals surface area (Å²) in [7, 11) is 0. The number of benzene rings is 1. The van der Waals surface area contributed by atoms with Crippen molar-refractivity contribution in [1.82, 2.24) is 0 Å². The lowest BCUT2D eigenvalue weighted by molar-refractivity contribution is 0.0696. The van der Waals surface area contributed by atoms with E-state index in [9.17, 15) is 4.79 Å². The van der Waals surface area contributed by atoms with Crippen molar-refractivity contribution in [3.63, 3.8) is 0 Å². The average molecular weight is 216 g/mol. The zero-order valence-corrected chi connectivity index (χ0v) is 8.12. The predicted octanol–water partition coefficient (Wildman–Crippen LogP) is 1.38. The quantitative estimate of drug-likeness (QED) is 0.796. The van der Waals surface area contributed by atoms with Crippen LogP contribution in [0.25, 0.3) is 0 Å². The highest BCUT2D eigenvalue weighted by Crippen LogP contribution is 2.21. The summed E-state index contributed by atoms with van der Waals surface area (Å²) in [6.07, 6.45) is 0. The number of nitrogens with two attached hydrogens (primary N) is 1. The largest absolute Gasteiger partial charge is 0.492 e. The molecule has 3 N–H and O–H groups in total. The fourth-order valence-corrected chi connectivity index (χ4v) is 1.13. The lowest BCUT2D eigenvalue weighted by Gasteiger charge is -2.05. The molecule has 0 heterocycles. The van der Waals surface area contributed by atoms with Gasteiger partial charge >= 0.3 is 5.97 Å². The van der Waals surface area contributed by atoms with E-state index in [1.807, 2.05) is 0 Å². The van der Waals surface area contributed by atoms with E-state index in [4.69, 9.17) is 27.2 Å². The van der Waals surface area contributed by atoms with E-state index in [1.54, 1.807) is 6.07 Å². The second-order valence-electron chi connectivity index (χ2n) is 2.58. The Bertz CT molecular complexity index is 341. The lowest BCUT2D eigenvalue weighted by Crippen LogP contribution is -2.11. The average Bonchev–Trinajstić information content (AvgIpc) is 2.16. The molecule has 0 aromatic heterocycles. The second-order valence-corrected chi connectivity index (χ2v) is 2.99. The van der Waals surface area contributed by atoms with Crippen molar-refractivity contribution in [2.24, 2.45) is 5.73 Å². The number of carboxylic acids is 1. The van der Waals surface area contributed by atoms with E-state index in [0.29, 0.717) is 18.9 Å². The summed E-state index contributed by atoms with van der Waals surface area (Å²) in [4.78, 5) is 10.7. The summed E-state index contributed by atoms with van der Waals surface area (Å²) in [6, 6.07) is 4.46. The van der Waals surface area contributed by atoms with Crippen LogP contribution >= 0.6 is 11.6 Å². The van der Waals surface area contributed by atoms with Gasteiger partial charge in [0.25, 0.3) is 0 Å². The molecule has 0 fully saturated rings. The molecule has 76 valence electrons. The third-order valence-electron chi connectivity index (χ3n) is 1.55. The fourth-order valence-electron chi connectivity index (χ4n) is 0.935. The predicted molar refractivity (Wildman–Crippen MR) is 53.0 cm³/mol. The van der Waals surface area contributed by atoms with Crippen molar-refractivity contribution in [3.8, 4) is 5.75 Å². The minimum absolute atomic E-state index is 0.0289. The van der Waals surface area contributed by atoms with Gasteiger partial charge in [-0.05, 0) is 18.2 Å². The number of hydrogen-bond donors (Lipinski definition) is 2. The Morgan fingerprint density at radius 2 is 2.29 bits per heavy atom. The standard InChI is InChI=1S/C9H10ClNO3/c10-8-2-1-6(14-4-3-11)5-7(8)9(12)13/h1-2,5H,3-4,11H2,(H,12,13). The van der Waals surface area contributed by atoms with Crippen LogP contribution in [-0.2, 0) is 0 Å². The van der Waals surface area contributed by atoms with Crippen LogP contribution in [0.4, 0.5) is 0 Å². The molecule has 0 unspecified atom stereocenters. The van der Waals surface area contributed by atoms with E-state index in [0.717, 1.165) is 0 Å². The second kappa shape index (κ2) is 4.83. The normalized spacial score (nSPS) is 9.86. The van der Waals surface area contributed by atoms with Gasteiger partial charge in [-0.3, -0.25) is 0 Å². The molecule has 0 radical (unpaired) electrons. The summed E-state index contributed by atoms with van der Waals surface area (Å²) < 4.78 is 5.15. The molecule has 0 aliphatic carbocycles. The first kappa shape index (κ1) is 10.8. The molecule has 1 rings (SSSR count). The van der Waals surface area contributed by atoms with Crippen LogP contribution in [0.15, 0.2) is 18.2 Å². The molecule has 0 amide bonds. The molecule has 0 saturated heterocycles. The van der Waals surface area contributed by atoms with E-state index >= 15 is 0 Å². The van der Waals surface area contributed by atoms with Crippen molar-refractivity contribution in [2.45, 2.75) is 0 Å². The fraction of sp³-hybridized carbons (Fsp3) is 0.222. The van der Waals surface area contributed by atoms with Crippen molar-refractivity contribution >= 4 is 17.6 Å². The lowest BCUT2D eigenvalue weighted by atomic mass is 10.2. The molecule has 14 heavy (non-hydrogen) atoms. The Labute approximate surface area is 86.2 Å². The maximum Gasteiger partial charge on any atom is 0.337 e. The Balaban J connectivity index is 2.89. The van der Waals surface area contributed by atoms with Crippen molar-refractivity contribution in [3.05, 3.63) is 28.8 Å². The molecule has 1 aromatic carbocycles. The van der Waals surface area contributed by atoms with Crippen LogP contribution in [0, 0.1) is 0 Å². The molecular weight excluding hydrogens is 206 g/mol. The summed E-state index contributed by atoms with van der Waals surface area (Å²) in [5, 5.41) is 8.94. The molecule has 5 heteroatoms. The molecule has 4 nitrogen and oxygen atoms in total. The van der Waals surface area contributed by atoms with Gasteiger partial charge in [-0.1, -0.05) is 11.6 Å². The van der Waals surface area contributed by atoms with Crippen LogP contribution in [0.2, 0.25) is 5.02 Å². The minimum atomic E-state index is -1.08. The third kappa shape index (κ3) is 2.61. The van der Waals surface area contributed by atoms with Crippen LogP contribution in [0.3, 0.4) is 0 Å². The summed E-state index contributed by atoms with van der Waals surface area (Å²) in [5.41, 5.74) is 5.27. The van der Waals surface area contributed by atoms with Crippen LogP contribution < -0.4 is 10.5 Å². The Kier molecular flexibility index (Phi) is 3.73. The number of aromatic carboxylic acids is 1. The molecular formula is C9H10ClNO3. The Hall–Kier alpha value is -1.26. The molecule has 0 bridgehead atoms. The monoisotopic (exact) mass is 215 g/mol. The zero-order chi connectivity index (χ0) is 10.6. The van der Waals surface area contributed by atoms with E-state index in [-0.39, 0.29) is 10.6 Å². The van der Waals surface area contributed by atoms with Crippen LogP contribution in [0.1, 0.15) is 10.4 Å². The van der Waals surface area contributed by atoms with Crippen LogP contribution in [0.5, 0.6) is 5.75 Å². The number of hydrogen-bond acceptors (Lipinski definition) is 3. The van der Waals surface area contributed by atoms with Gasteiger partial charge in [-0.15, -0.1) is 0 Å². The Morgan fingerprint density at radius 3 is 2.86 bits per heavy atom. The number of carboxylic acid groups (broad SMARTS) is 1. The maximum absolute atomic E-state index is 10.7. The molecule has 0 atom stereocenters. The van der Waals surface area contributed by atoms with Gasteiger partial charge in [0.1, 0.15) is 12.4 Å². The number of ether oxygens (including phenoxy) is 1. The molecule has 1 aromatic rings. The first-order valence-corrected chi connectivity index (χ1v) is 4.38. The van der Waals surface area contributed by atoms with Gasteiger partial charge in [-0.25, -0.2) is 4.79 Å². The number of carbonyl (C=O) groups is 1. The summed E-state index contributed by atoms with van der Waals surface area (Å²) in [6.45, 7) is 0.728. The van der Waals surface area contributed by atoms with Gasteiger partial charge in [0, 0.05) is 6.54 Å². The topological polar surface area (TPSA) is 72.5 Å². The molecule has 0 saturated carbocycles. The Morgan fingerprint density at radius 1 is 1.57 bits per heavy atom. The smallest absolute Gasteiger partial charge is 0.337 e. The van der Waals surface area contributed by atoms with E-state index in [1.165, 1.54) is 12.1 Å². The SMILES string of the molecule is NCCOc1ccc(Cl)c(C(=O)O)c1. The number of rotatable bonds is 4. The highest BCUT2D eigenvalue weighted by atomic mass is 35.5. The van der Waals surface area contributed by atoms with Crippen molar-refractivity contribution in [1.29, 1.82) is 0 Å². The summed E-state index contributed by atoms with van der Waals surface area (Å²) >= 11 is 5.66. The van der Waals surface area contributed by atoms with Gasteiger partial charge in [0.05, 0.1) is 10.6 Å². The van der Waals surface area contributed by atoms with E-state index < -0.39 is 5.97 Å². The van der Waals surface area contributed by atoms with Gasteiger partial charge < -0.3 is 15.6 Å². The molecule has 0 aliphatic rings. The van der Waals surface area contributed by atoms with Crippen molar-refractivity contribution < 1.29 is 14.6 Å². The summed E-state index contributed by atoms with van der Waals surface area (Å²) in [5.74, 6) is -0.620. The zero-order valence-electron chi connectivity index (χ0n) is 7.37. The minimum Gasteiger partial charge on any atom is -0.492 e. The number of halogens is 1. The van der Waals surface area contributed by atoms with E-state index in [2.05, 4.69) is 0 Å². The van der Waals surface area contributed by atoms with Gasteiger partial charge in [0.2, 0.25) is 0 Å². The first-order chi connectivity index (χ1) is 6.65. The maximum atomic E-state index is 10.7. The van der Waals surface area contributed by atoms with Crippen LogP contribution in [-0.4, -0.2) is 24.2 Å². The third-order valence-corrected chi connectivity index (χ3v) is 1.88. The highest BCUT2D eigenvalue weighted by Gasteiger charge is 2.09. The van der Waals surface area contributed by atoms with Gasteiger partial charge in [0.15, 0.2) is 0 Å². The van der Waals surface area contributed by atoms with Crippen molar-refractivity contribution in [2.75, 3.05) is 13.2 Å².